The van der Waals surface area contributed by atoms with Crippen molar-refractivity contribution in [2.24, 2.45) is 0 Å². The maximum atomic E-state index is 9.80. The molecule has 0 nitrogen and oxygen atoms in total. The number of unbranched alkanes of at least 4 members (excludes halogenated alkanes) is 10. The van der Waals surface area contributed by atoms with Crippen LogP contribution in [0.3, 0.4) is 0 Å². The normalized spacial score (nSPS) is 9.79. The zero-order valence-corrected chi connectivity index (χ0v) is 21.2. The molecule has 0 bridgehead atoms. The van der Waals surface area contributed by atoms with E-state index in [0.717, 1.165) is 0 Å². The van der Waals surface area contributed by atoms with Crippen molar-refractivity contribution in [1.29, 1.82) is 0 Å². The molecule has 164 valence electrons. The fourth-order valence-corrected chi connectivity index (χ4v) is 3.38. The minimum atomic E-state index is -2.77. The van der Waals surface area contributed by atoms with E-state index in [2.05, 4.69) is 62.4 Å². The monoisotopic (exact) mass is 482 g/mol. The maximum absolute atomic E-state index is 9.80. The van der Waals surface area contributed by atoms with Crippen molar-refractivity contribution >= 4 is 0 Å². The molecule has 0 spiro atoms. The average Bonchev–Trinajstić information content (AvgIpc) is 3.43. The molecule has 0 unspecified atom stereocenters. The molecule has 0 aromatic heterocycles. The van der Waals surface area contributed by atoms with Crippen LogP contribution in [0.2, 0.25) is 0 Å². The van der Waals surface area contributed by atoms with E-state index >= 15 is 0 Å². The predicted octanol–water partition coefficient (Wildman–Crippen LogP) is 9.45. The van der Waals surface area contributed by atoms with Crippen LogP contribution in [0, 0.1) is 0 Å². The van der Waals surface area contributed by atoms with E-state index in [1.165, 1.54) is 101 Å². The van der Waals surface area contributed by atoms with Gasteiger partial charge in [-0.1, -0.05) is 104 Å². The zero-order valence-electron chi connectivity index (χ0n) is 18.8. The Morgan fingerprint density at radius 3 is 1.10 bits per heavy atom. The topological polar surface area (TPSA) is 0 Å². The van der Waals surface area contributed by atoms with Crippen LogP contribution in [0.25, 0.3) is 0 Å². The van der Waals surface area contributed by atoms with Gasteiger partial charge in [-0.05, 0) is 0 Å². The molecule has 29 heavy (non-hydrogen) atoms. The van der Waals surface area contributed by atoms with Gasteiger partial charge in [-0.25, -0.2) is 24.3 Å². The molecule has 0 amide bonds. The molecule has 0 saturated heterocycles. The van der Waals surface area contributed by atoms with Crippen molar-refractivity contribution in [1.82, 2.24) is 0 Å². The summed E-state index contributed by atoms with van der Waals surface area (Å²) in [6.45, 7) is 4.54. The second-order valence-corrected chi connectivity index (χ2v) is 8.04. The summed E-state index contributed by atoms with van der Waals surface area (Å²) in [7, 11) is 0. The average molecular weight is 484 g/mol. The third-order valence-corrected chi connectivity index (χ3v) is 5.10. The number of aryl methyl sites for hydroxylation is 2. The third kappa shape index (κ3) is 20.5. The summed E-state index contributed by atoms with van der Waals surface area (Å²) in [6, 6.07) is 17.4. The van der Waals surface area contributed by atoms with E-state index in [1.807, 2.05) is 0 Å². The quantitative estimate of drug-likeness (QED) is 0.185. The van der Waals surface area contributed by atoms with Crippen LogP contribution in [0.15, 0.2) is 48.5 Å². The Labute approximate surface area is 192 Å². The van der Waals surface area contributed by atoms with Crippen LogP contribution >= 0.6 is 0 Å². The summed E-state index contributed by atoms with van der Waals surface area (Å²) < 4.78 is 19.6. The van der Waals surface area contributed by atoms with Gasteiger partial charge in [-0.15, -0.1) is 0 Å². The molecule has 2 aromatic carbocycles. The molecule has 0 aliphatic heterocycles. The fraction of sp³-hybridized carbons (Fsp3) is 0.615. The van der Waals surface area contributed by atoms with Gasteiger partial charge < -0.3 is 0 Å². The van der Waals surface area contributed by atoms with Crippen molar-refractivity contribution < 1.29 is 29.7 Å². The Morgan fingerprint density at radius 2 is 0.793 bits per heavy atom. The standard InChI is InChI=1S/2C13H21.2FH.Zr/c2*1-2-3-4-5-6-7-10-13-11-8-9-12-13;;;/h2*8-9,11-12H,2-7,10H2,1H3;2*1H;/q2*-1;;;+4/p-2. The van der Waals surface area contributed by atoms with E-state index in [1.54, 1.807) is 0 Å². The van der Waals surface area contributed by atoms with Crippen molar-refractivity contribution in [2.45, 2.75) is 104 Å². The van der Waals surface area contributed by atoms with E-state index in [-0.39, 0.29) is 0 Å². The fourth-order valence-electron chi connectivity index (χ4n) is 3.38. The Morgan fingerprint density at radius 1 is 0.517 bits per heavy atom. The van der Waals surface area contributed by atoms with E-state index in [9.17, 15) is 5.25 Å². The second-order valence-electron chi connectivity index (χ2n) is 7.69. The van der Waals surface area contributed by atoms with Gasteiger partial charge in [0.15, 0.2) is 0 Å². The molecule has 3 heteroatoms. The molecule has 0 aliphatic carbocycles. The van der Waals surface area contributed by atoms with Crippen LogP contribution in [0.1, 0.15) is 102 Å². The number of hydrogen-bond donors (Lipinski definition) is 0. The second kappa shape index (κ2) is 23.7. The number of rotatable bonds is 14. The Kier molecular flexibility index (Phi) is 23.3. The minimum absolute atomic E-state index is 1.28. The zero-order chi connectivity index (χ0) is 21.4. The van der Waals surface area contributed by atoms with Gasteiger partial charge in [-0.2, -0.15) is 35.4 Å². The van der Waals surface area contributed by atoms with E-state index in [0.29, 0.717) is 0 Å². The molecule has 0 fully saturated rings. The SMILES string of the molecule is CCCCCCCC[c-]1cccc1.CCCCCCCC[c-]1cccc1.[F][Zr+2][F]. The molecule has 0 atom stereocenters. The molecule has 2 aromatic rings. The van der Waals surface area contributed by atoms with Gasteiger partial charge in [0.05, 0.1) is 0 Å². The molecule has 0 heterocycles. The van der Waals surface area contributed by atoms with Crippen LogP contribution in [0.4, 0.5) is 5.25 Å². The van der Waals surface area contributed by atoms with Crippen LogP contribution in [-0.4, -0.2) is 0 Å². The van der Waals surface area contributed by atoms with Gasteiger partial charge in [0.2, 0.25) is 0 Å². The number of hydrogen-bond acceptors (Lipinski definition) is 0. The van der Waals surface area contributed by atoms with Gasteiger partial charge in [0.1, 0.15) is 0 Å². The Hall–Kier alpha value is -0.557. The van der Waals surface area contributed by atoms with Crippen LogP contribution < -0.4 is 0 Å². The molecule has 0 radical (unpaired) electrons. The van der Waals surface area contributed by atoms with E-state index < -0.39 is 24.5 Å². The third-order valence-electron chi connectivity index (χ3n) is 5.10. The van der Waals surface area contributed by atoms with Gasteiger partial charge in [0, 0.05) is 0 Å². The Bertz CT molecular complexity index is 445. The first kappa shape index (κ1) is 28.4. The van der Waals surface area contributed by atoms with Gasteiger partial charge >= 0.3 is 29.7 Å². The molecule has 0 aliphatic rings. The first-order chi connectivity index (χ1) is 14.3. The first-order valence-corrected chi connectivity index (χ1v) is 13.5. The molecular formula is C26H42F2Zr. The van der Waals surface area contributed by atoms with Gasteiger partial charge in [0.25, 0.3) is 0 Å². The summed E-state index contributed by atoms with van der Waals surface area (Å²) in [5.41, 5.74) is 3.02. The summed E-state index contributed by atoms with van der Waals surface area (Å²) in [6.07, 6.45) is 19.3. The summed E-state index contributed by atoms with van der Waals surface area (Å²) in [5, 5.41) is 0. The predicted molar refractivity (Wildman–Crippen MR) is 120 cm³/mol. The summed E-state index contributed by atoms with van der Waals surface area (Å²) in [4.78, 5) is 0. The van der Waals surface area contributed by atoms with Gasteiger partial charge in [-0.3, -0.25) is 0 Å². The van der Waals surface area contributed by atoms with Crippen molar-refractivity contribution in [3.05, 3.63) is 59.7 Å². The van der Waals surface area contributed by atoms with E-state index in [4.69, 9.17) is 0 Å². The summed E-state index contributed by atoms with van der Waals surface area (Å²) >= 11 is -2.77. The van der Waals surface area contributed by atoms with Crippen LogP contribution in [-0.2, 0) is 37.3 Å². The van der Waals surface area contributed by atoms with Crippen molar-refractivity contribution in [3.8, 4) is 0 Å². The molecular weight excluding hydrogens is 442 g/mol. The van der Waals surface area contributed by atoms with Crippen molar-refractivity contribution in [2.75, 3.05) is 0 Å². The Balaban J connectivity index is 0.000000477. The number of halogens is 2. The first-order valence-electron chi connectivity index (χ1n) is 11.7. The van der Waals surface area contributed by atoms with Crippen molar-refractivity contribution in [3.63, 3.8) is 0 Å². The molecule has 2 rings (SSSR count). The molecule has 0 saturated carbocycles. The molecule has 0 N–H and O–H groups in total. The summed E-state index contributed by atoms with van der Waals surface area (Å²) in [5.74, 6) is 0. The van der Waals surface area contributed by atoms with Crippen LogP contribution in [0.5, 0.6) is 0 Å².